The lowest BCUT2D eigenvalue weighted by Crippen LogP contribution is -2.46. The number of nitrogens with one attached hydrogen (secondary N) is 1. The van der Waals surface area contributed by atoms with Gasteiger partial charge in [0.1, 0.15) is 5.75 Å². The number of nitrogens with zero attached hydrogens (tertiary/aromatic N) is 2. The Morgan fingerprint density at radius 1 is 1.17 bits per heavy atom. The van der Waals surface area contributed by atoms with Gasteiger partial charge < -0.3 is 19.9 Å². The summed E-state index contributed by atoms with van der Waals surface area (Å²) in [7, 11) is 3.94. The molecular weight excluding hydrogens is 366 g/mol. The highest BCUT2D eigenvalue weighted by Gasteiger charge is 2.31. The van der Waals surface area contributed by atoms with Gasteiger partial charge in [-0.2, -0.15) is 0 Å². The Hall–Kier alpha value is -2.86. The number of amides is 2. The first-order chi connectivity index (χ1) is 13.8. The van der Waals surface area contributed by atoms with Crippen molar-refractivity contribution in [3.05, 3.63) is 53.6 Å². The van der Waals surface area contributed by atoms with E-state index in [1.807, 2.05) is 56.3 Å². The predicted molar refractivity (Wildman–Crippen MR) is 116 cm³/mol. The summed E-state index contributed by atoms with van der Waals surface area (Å²) in [6, 6.07) is 13.7. The van der Waals surface area contributed by atoms with E-state index in [-0.39, 0.29) is 11.8 Å². The molecule has 1 aliphatic rings. The van der Waals surface area contributed by atoms with Gasteiger partial charge in [0.2, 0.25) is 5.91 Å². The van der Waals surface area contributed by atoms with Crippen molar-refractivity contribution < 1.29 is 14.3 Å². The van der Waals surface area contributed by atoms with Gasteiger partial charge in [-0.3, -0.25) is 9.59 Å². The minimum absolute atomic E-state index is 0.0539. The monoisotopic (exact) mass is 395 g/mol. The number of rotatable bonds is 7. The van der Waals surface area contributed by atoms with Gasteiger partial charge in [-0.1, -0.05) is 29.8 Å². The van der Waals surface area contributed by atoms with E-state index in [2.05, 4.69) is 17.4 Å². The summed E-state index contributed by atoms with van der Waals surface area (Å²) in [4.78, 5) is 28.8. The number of fused-ring (bicyclic) bond motifs is 1. The SMILES string of the molecule is Cc1ccc(CCC(=O)Nc2ccc3c(c2)N(CCN(C)C)C(=O)C(C)O3)cc1. The first-order valence-corrected chi connectivity index (χ1v) is 9.95. The van der Waals surface area contributed by atoms with Crippen LogP contribution < -0.4 is 15.0 Å². The van der Waals surface area contributed by atoms with Gasteiger partial charge in [0.05, 0.1) is 5.69 Å². The van der Waals surface area contributed by atoms with Gasteiger partial charge in [-0.25, -0.2) is 0 Å². The number of carbonyl (C=O) groups is 2. The summed E-state index contributed by atoms with van der Waals surface area (Å²) < 4.78 is 5.74. The molecule has 0 aliphatic carbocycles. The maximum Gasteiger partial charge on any atom is 0.267 e. The number of hydrogen-bond donors (Lipinski definition) is 1. The molecule has 6 nitrogen and oxygen atoms in total. The molecule has 0 saturated heterocycles. The summed E-state index contributed by atoms with van der Waals surface area (Å²) in [6.07, 6.45) is 0.571. The number of benzene rings is 2. The fourth-order valence-electron chi connectivity index (χ4n) is 3.25. The third kappa shape index (κ3) is 5.35. The van der Waals surface area contributed by atoms with Gasteiger partial charge in [-0.05, 0) is 58.1 Å². The van der Waals surface area contributed by atoms with Crippen molar-refractivity contribution in [2.24, 2.45) is 0 Å². The number of ether oxygens (including phenoxy) is 1. The molecule has 0 fully saturated rings. The quantitative estimate of drug-likeness (QED) is 0.782. The highest BCUT2D eigenvalue weighted by atomic mass is 16.5. The van der Waals surface area contributed by atoms with Crippen molar-refractivity contribution >= 4 is 23.2 Å². The lowest BCUT2D eigenvalue weighted by atomic mass is 10.1. The van der Waals surface area contributed by atoms with Crippen molar-refractivity contribution in [1.29, 1.82) is 0 Å². The normalized spacial score (nSPS) is 15.8. The molecule has 6 heteroatoms. The molecule has 1 atom stereocenters. The Balaban J connectivity index is 1.68. The van der Waals surface area contributed by atoms with Crippen LogP contribution in [0, 0.1) is 6.92 Å². The summed E-state index contributed by atoms with van der Waals surface area (Å²) in [6.45, 7) is 5.11. The highest BCUT2D eigenvalue weighted by molar-refractivity contribution is 6.01. The number of carbonyl (C=O) groups excluding carboxylic acids is 2. The van der Waals surface area contributed by atoms with E-state index in [1.54, 1.807) is 11.8 Å². The van der Waals surface area contributed by atoms with E-state index < -0.39 is 6.10 Å². The van der Waals surface area contributed by atoms with Crippen LogP contribution in [0.1, 0.15) is 24.5 Å². The number of aryl methyl sites for hydroxylation is 2. The minimum atomic E-state index is -0.514. The van der Waals surface area contributed by atoms with Crippen LogP contribution in [0.15, 0.2) is 42.5 Å². The summed E-state index contributed by atoms with van der Waals surface area (Å²) >= 11 is 0. The van der Waals surface area contributed by atoms with E-state index in [0.29, 0.717) is 36.5 Å². The van der Waals surface area contributed by atoms with Crippen molar-refractivity contribution in [3.8, 4) is 5.75 Å². The molecule has 0 radical (unpaired) electrons. The van der Waals surface area contributed by atoms with Crippen LogP contribution in [0.4, 0.5) is 11.4 Å². The molecular formula is C23H29N3O3. The van der Waals surface area contributed by atoms with Crippen LogP contribution in [0.2, 0.25) is 0 Å². The number of likely N-dealkylation sites (N-methyl/N-ethyl adjacent to an activating group) is 1. The van der Waals surface area contributed by atoms with Crippen LogP contribution >= 0.6 is 0 Å². The third-order valence-corrected chi connectivity index (χ3v) is 4.98. The largest absolute Gasteiger partial charge is 0.479 e. The Morgan fingerprint density at radius 2 is 1.90 bits per heavy atom. The Morgan fingerprint density at radius 3 is 2.59 bits per heavy atom. The van der Waals surface area contributed by atoms with Gasteiger partial charge in [0, 0.05) is 25.2 Å². The second-order valence-corrected chi connectivity index (χ2v) is 7.77. The van der Waals surface area contributed by atoms with Crippen molar-refractivity contribution in [1.82, 2.24) is 4.90 Å². The zero-order chi connectivity index (χ0) is 21.0. The molecule has 2 amide bonds. The molecule has 154 valence electrons. The molecule has 2 aromatic rings. The van der Waals surface area contributed by atoms with Crippen LogP contribution in [0.25, 0.3) is 0 Å². The fraction of sp³-hybridized carbons (Fsp3) is 0.391. The average Bonchev–Trinajstić information content (AvgIpc) is 2.68. The molecule has 1 N–H and O–H groups in total. The van der Waals surface area contributed by atoms with Crippen molar-refractivity contribution in [2.75, 3.05) is 37.4 Å². The number of hydrogen-bond acceptors (Lipinski definition) is 4. The maximum atomic E-state index is 12.6. The lowest BCUT2D eigenvalue weighted by Gasteiger charge is -2.34. The van der Waals surface area contributed by atoms with Crippen LogP contribution in [-0.2, 0) is 16.0 Å². The smallest absolute Gasteiger partial charge is 0.267 e. The summed E-state index contributed by atoms with van der Waals surface area (Å²) in [5, 5.41) is 2.94. The topological polar surface area (TPSA) is 61.9 Å². The molecule has 1 heterocycles. The van der Waals surface area contributed by atoms with E-state index >= 15 is 0 Å². The summed E-state index contributed by atoms with van der Waals surface area (Å²) in [5.74, 6) is 0.539. The van der Waals surface area contributed by atoms with Gasteiger partial charge in [0.15, 0.2) is 6.10 Å². The Kier molecular flexibility index (Phi) is 6.54. The molecule has 0 bridgehead atoms. The van der Waals surface area contributed by atoms with Crippen LogP contribution in [0.3, 0.4) is 0 Å². The van der Waals surface area contributed by atoms with E-state index in [9.17, 15) is 9.59 Å². The lowest BCUT2D eigenvalue weighted by molar-refractivity contribution is -0.125. The molecule has 1 aliphatic heterocycles. The molecule has 29 heavy (non-hydrogen) atoms. The maximum absolute atomic E-state index is 12.6. The van der Waals surface area contributed by atoms with Crippen molar-refractivity contribution in [2.45, 2.75) is 32.8 Å². The van der Waals surface area contributed by atoms with Crippen molar-refractivity contribution in [3.63, 3.8) is 0 Å². The highest BCUT2D eigenvalue weighted by Crippen LogP contribution is 2.36. The molecule has 0 aromatic heterocycles. The zero-order valence-corrected chi connectivity index (χ0v) is 17.6. The average molecular weight is 396 g/mol. The van der Waals surface area contributed by atoms with E-state index in [1.165, 1.54) is 5.56 Å². The molecule has 0 spiro atoms. The van der Waals surface area contributed by atoms with Crippen LogP contribution in [-0.4, -0.2) is 50.0 Å². The predicted octanol–water partition coefficient (Wildman–Crippen LogP) is 3.24. The van der Waals surface area contributed by atoms with Gasteiger partial charge >= 0.3 is 0 Å². The minimum Gasteiger partial charge on any atom is -0.479 e. The second kappa shape index (κ2) is 9.09. The first-order valence-electron chi connectivity index (χ1n) is 9.95. The van der Waals surface area contributed by atoms with E-state index in [4.69, 9.17) is 4.74 Å². The van der Waals surface area contributed by atoms with Gasteiger partial charge in [0.25, 0.3) is 5.91 Å². The Labute approximate surface area is 172 Å². The first kappa shape index (κ1) is 20.9. The Bertz CT molecular complexity index is 877. The molecule has 3 rings (SSSR count). The standard InChI is InChI=1S/C23H29N3O3/c1-16-5-7-18(8-6-16)9-12-22(27)24-19-10-11-21-20(15-19)26(14-13-25(3)4)23(28)17(2)29-21/h5-8,10-11,15,17H,9,12-14H2,1-4H3,(H,24,27). The summed E-state index contributed by atoms with van der Waals surface area (Å²) in [5.41, 5.74) is 3.71. The van der Waals surface area contributed by atoms with Gasteiger partial charge in [-0.15, -0.1) is 0 Å². The molecule has 0 saturated carbocycles. The molecule has 1 unspecified atom stereocenters. The van der Waals surface area contributed by atoms with Crippen LogP contribution in [0.5, 0.6) is 5.75 Å². The third-order valence-electron chi connectivity index (χ3n) is 4.98. The number of anilines is 2. The molecule has 2 aromatic carbocycles. The second-order valence-electron chi connectivity index (χ2n) is 7.77. The van der Waals surface area contributed by atoms with E-state index in [0.717, 1.165) is 12.1 Å². The zero-order valence-electron chi connectivity index (χ0n) is 17.6. The fourth-order valence-corrected chi connectivity index (χ4v) is 3.25.